The normalized spacial score (nSPS) is 15.8. The number of anilines is 1. The molecule has 5 heteroatoms. The number of hydrogen-bond acceptors (Lipinski definition) is 3. The number of carbonyl (C=O) groups excluding carboxylic acids is 2. The molecule has 1 saturated heterocycles. The van der Waals surface area contributed by atoms with Gasteiger partial charge in [0.2, 0.25) is 0 Å². The van der Waals surface area contributed by atoms with E-state index in [0.717, 1.165) is 22.4 Å². The smallest absolute Gasteiger partial charge is 0.282 e. The molecule has 2 aromatic carbocycles. The quantitative estimate of drug-likeness (QED) is 0.698. The average Bonchev–Trinajstić information content (AvgIpc) is 2.88. The lowest BCUT2D eigenvalue weighted by Gasteiger charge is -2.14. The first kappa shape index (κ1) is 15.8. The molecule has 3 rings (SSSR count). The van der Waals surface area contributed by atoms with Crippen LogP contribution in [-0.4, -0.2) is 18.9 Å². The molecule has 1 aliphatic heterocycles. The first-order valence-corrected chi connectivity index (χ1v) is 7.59. The first-order valence-electron chi connectivity index (χ1n) is 7.59. The summed E-state index contributed by atoms with van der Waals surface area (Å²) in [7, 11) is 1.62. The summed E-state index contributed by atoms with van der Waals surface area (Å²) in [4.78, 5) is 24.8. The van der Waals surface area contributed by atoms with E-state index in [4.69, 9.17) is 4.74 Å². The molecule has 1 fully saturated rings. The van der Waals surface area contributed by atoms with Gasteiger partial charge >= 0.3 is 0 Å². The van der Waals surface area contributed by atoms with Crippen LogP contribution in [0.2, 0.25) is 0 Å². The highest BCUT2D eigenvalue weighted by atomic mass is 16.5. The molecule has 2 amide bonds. The second-order valence-electron chi connectivity index (χ2n) is 5.58. The maximum Gasteiger partial charge on any atom is 0.282 e. The molecule has 0 radical (unpaired) electrons. The first-order chi connectivity index (χ1) is 11.5. The van der Waals surface area contributed by atoms with Crippen LogP contribution in [0.4, 0.5) is 5.69 Å². The minimum absolute atomic E-state index is 0.117. The number of hydrogen-bond donors (Lipinski definition) is 1. The van der Waals surface area contributed by atoms with Crippen LogP contribution in [-0.2, 0) is 9.59 Å². The van der Waals surface area contributed by atoms with Gasteiger partial charge in [-0.15, -0.1) is 0 Å². The van der Waals surface area contributed by atoms with Gasteiger partial charge in [-0.2, -0.15) is 0 Å². The van der Waals surface area contributed by atoms with Crippen molar-refractivity contribution in [1.29, 1.82) is 0 Å². The van der Waals surface area contributed by atoms with Crippen molar-refractivity contribution >= 4 is 23.6 Å². The highest BCUT2D eigenvalue weighted by Crippen LogP contribution is 2.27. The Morgan fingerprint density at radius 1 is 1.00 bits per heavy atom. The zero-order chi connectivity index (χ0) is 17.3. The molecule has 0 atom stereocenters. The molecule has 1 heterocycles. The Kier molecular flexibility index (Phi) is 4.08. The van der Waals surface area contributed by atoms with E-state index in [1.807, 2.05) is 44.2 Å². The number of nitrogens with one attached hydrogen (secondary N) is 1. The summed E-state index contributed by atoms with van der Waals surface area (Å²) >= 11 is 0. The number of amides is 2. The second kappa shape index (κ2) is 6.20. The minimum atomic E-state index is -0.406. The van der Waals surface area contributed by atoms with Crippen molar-refractivity contribution < 1.29 is 14.3 Å². The fraction of sp³-hybridized carbons (Fsp3) is 0.158. The predicted octanol–water partition coefficient (Wildman–Crippen LogP) is 2.77. The van der Waals surface area contributed by atoms with Gasteiger partial charge in [0.05, 0.1) is 12.8 Å². The molecule has 0 bridgehead atoms. The van der Waals surface area contributed by atoms with Crippen molar-refractivity contribution in [3.05, 3.63) is 64.7 Å². The number of para-hydroxylation sites is 1. The molecule has 24 heavy (non-hydrogen) atoms. The fourth-order valence-electron chi connectivity index (χ4n) is 2.67. The van der Waals surface area contributed by atoms with Crippen LogP contribution in [0.5, 0.6) is 5.75 Å². The van der Waals surface area contributed by atoms with Crippen LogP contribution >= 0.6 is 0 Å². The molecule has 0 aliphatic carbocycles. The van der Waals surface area contributed by atoms with Crippen LogP contribution < -0.4 is 15.2 Å². The van der Waals surface area contributed by atoms with E-state index in [2.05, 4.69) is 5.43 Å². The summed E-state index contributed by atoms with van der Waals surface area (Å²) in [6.45, 7) is 3.89. The zero-order valence-electron chi connectivity index (χ0n) is 13.8. The van der Waals surface area contributed by atoms with E-state index in [9.17, 15) is 9.59 Å². The Hall–Kier alpha value is -3.08. The highest BCUT2D eigenvalue weighted by Gasteiger charge is 2.34. The average molecular weight is 322 g/mol. The maximum absolute atomic E-state index is 12.6. The van der Waals surface area contributed by atoms with Gasteiger partial charge in [0, 0.05) is 0 Å². The maximum atomic E-state index is 12.6. The van der Waals surface area contributed by atoms with Crippen molar-refractivity contribution in [2.75, 3.05) is 12.1 Å². The minimum Gasteiger partial charge on any atom is -0.496 e. The van der Waals surface area contributed by atoms with Crippen LogP contribution in [0.25, 0.3) is 6.08 Å². The van der Waals surface area contributed by atoms with E-state index in [-0.39, 0.29) is 11.5 Å². The van der Waals surface area contributed by atoms with E-state index in [0.29, 0.717) is 5.69 Å². The van der Waals surface area contributed by atoms with Gasteiger partial charge in [-0.3, -0.25) is 15.0 Å². The van der Waals surface area contributed by atoms with Crippen molar-refractivity contribution in [2.45, 2.75) is 13.8 Å². The van der Waals surface area contributed by atoms with E-state index >= 15 is 0 Å². The summed E-state index contributed by atoms with van der Waals surface area (Å²) in [6.07, 6.45) is 1.63. The number of hydrazine groups is 1. The summed E-state index contributed by atoms with van der Waals surface area (Å²) in [5, 5.41) is 1.26. The molecule has 2 aromatic rings. The topological polar surface area (TPSA) is 58.6 Å². The number of nitrogens with zero attached hydrogens (tertiary/aromatic N) is 1. The Labute approximate surface area is 140 Å². The highest BCUT2D eigenvalue weighted by molar-refractivity contribution is 6.31. The van der Waals surface area contributed by atoms with Gasteiger partial charge < -0.3 is 4.74 Å². The summed E-state index contributed by atoms with van der Waals surface area (Å²) < 4.78 is 5.29. The number of ether oxygens (including phenoxy) is 1. The summed E-state index contributed by atoms with van der Waals surface area (Å²) in [5.41, 5.74) is 6.12. The number of methoxy groups -OCH3 is 1. The lowest BCUT2D eigenvalue weighted by atomic mass is 10.00. The fourth-order valence-corrected chi connectivity index (χ4v) is 2.67. The van der Waals surface area contributed by atoms with Crippen LogP contribution in [0.3, 0.4) is 0 Å². The summed E-state index contributed by atoms with van der Waals surface area (Å²) in [6, 6.07) is 12.7. The monoisotopic (exact) mass is 322 g/mol. The Balaban J connectivity index is 1.98. The van der Waals surface area contributed by atoms with Crippen molar-refractivity contribution in [2.24, 2.45) is 0 Å². The van der Waals surface area contributed by atoms with Crippen LogP contribution in [0, 0.1) is 13.8 Å². The van der Waals surface area contributed by atoms with E-state index in [1.165, 1.54) is 5.01 Å². The predicted molar refractivity (Wildman–Crippen MR) is 92.5 cm³/mol. The molecule has 122 valence electrons. The molecule has 0 saturated carbocycles. The molecule has 5 nitrogen and oxygen atoms in total. The molecule has 0 unspecified atom stereocenters. The lowest BCUT2D eigenvalue weighted by Crippen LogP contribution is -2.35. The van der Waals surface area contributed by atoms with Crippen LogP contribution in [0.1, 0.15) is 16.7 Å². The van der Waals surface area contributed by atoms with Crippen molar-refractivity contribution in [3.63, 3.8) is 0 Å². The van der Waals surface area contributed by atoms with Gasteiger partial charge in [0.25, 0.3) is 11.8 Å². The van der Waals surface area contributed by atoms with Gasteiger partial charge in [-0.1, -0.05) is 24.3 Å². The van der Waals surface area contributed by atoms with Crippen molar-refractivity contribution in [1.82, 2.24) is 5.43 Å². The lowest BCUT2D eigenvalue weighted by molar-refractivity contribution is -0.117. The standard InChI is InChI=1S/C19H18N2O3/c1-12-13(2)17(24-3)10-9-14(12)11-16-18(22)20-21(19(16)23)15-7-5-4-6-8-15/h4-11H,1-3H3,(H,20,22). The number of benzene rings is 2. The third kappa shape index (κ3) is 2.65. The van der Waals surface area contributed by atoms with Gasteiger partial charge in [-0.05, 0) is 54.8 Å². The summed E-state index contributed by atoms with van der Waals surface area (Å²) in [5.74, 6) is 0.0126. The Morgan fingerprint density at radius 3 is 2.38 bits per heavy atom. The Morgan fingerprint density at radius 2 is 1.71 bits per heavy atom. The van der Waals surface area contributed by atoms with Gasteiger partial charge in [0.1, 0.15) is 11.3 Å². The largest absolute Gasteiger partial charge is 0.496 e. The van der Waals surface area contributed by atoms with E-state index < -0.39 is 5.91 Å². The SMILES string of the molecule is COc1ccc(C=C2C(=O)NN(c3ccccc3)C2=O)c(C)c1C. The second-order valence-corrected chi connectivity index (χ2v) is 5.58. The molecule has 0 aromatic heterocycles. The van der Waals surface area contributed by atoms with E-state index in [1.54, 1.807) is 25.3 Å². The zero-order valence-corrected chi connectivity index (χ0v) is 13.8. The van der Waals surface area contributed by atoms with Crippen molar-refractivity contribution in [3.8, 4) is 5.75 Å². The number of rotatable bonds is 3. The molecular weight excluding hydrogens is 304 g/mol. The van der Waals surface area contributed by atoms with Gasteiger partial charge in [-0.25, -0.2) is 5.01 Å². The number of carbonyl (C=O) groups is 2. The third-order valence-electron chi connectivity index (χ3n) is 4.20. The molecule has 1 N–H and O–H groups in total. The molecular formula is C19H18N2O3. The molecule has 0 spiro atoms. The van der Waals surface area contributed by atoms with Crippen LogP contribution in [0.15, 0.2) is 48.0 Å². The Bertz CT molecular complexity index is 841. The molecule has 1 aliphatic rings. The third-order valence-corrected chi connectivity index (χ3v) is 4.20. The van der Waals surface area contributed by atoms with Gasteiger partial charge in [0.15, 0.2) is 0 Å².